The molecule has 13 aromatic rings. The summed E-state index contributed by atoms with van der Waals surface area (Å²) < 4.78 is 11.5. The Morgan fingerprint density at radius 1 is 0.241 bits per heavy atom. The topological polar surface area (TPSA) is 14.8 Å². The number of hydrogen-bond acceptors (Lipinski definition) is 3. The summed E-state index contributed by atoms with van der Waals surface area (Å²) in [5.41, 5.74) is 7.45. The molecule has 0 saturated carbocycles. The highest BCUT2D eigenvalue weighted by atomic mass is 32.1. The maximum atomic E-state index is 2.48. The number of para-hydroxylation sites is 6. The van der Waals surface area contributed by atoms with Crippen molar-refractivity contribution < 1.29 is 0 Å². The molecule has 13 rings (SSSR count). The van der Waals surface area contributed by atoms with Gasteiger partial charge in [0.05, 0.1) is 33.1 Å². The summed E-state index contributed by atoms with van der Waals surface area (Å²) in [6.45, 7) is 0. The molecule has 0 aliphatic rings. The summed E-state index contributed by atoms with van der Waals surface area (Å²) in [6, 6.07) is 60.4. The number of benzene rings is 7. The third-order valence-electron chi connectivity index (χ3n) is 11.3. The highest BCUT2D eigenvalue weighted by Gasteiger charge is 2.23. The number of hydrogen-bond donors (Lipinski definition) is 0. The summed E-state index contributed by atoms with van der Waals surface area (Å²) in [6.07, 6.45) is 0. The minimum Gasteiger partial charge on any atom is -0.301 e. The van der Waals surface area contributed by atoms with Crippen LogP contribution in [0.5, 0.6) is 0 Å². The summed E-state index contributed by atoms with van der Waals surface area (Å²) in [7, 11) is 0. The molecule has 0 unspecified atom stereocenters. The van der Waals surface area contributed by atoms with Crippen LogP contribution in [0.1, 0.15) is 0 Å². The first-order valence-electron chi connectivity index (χ1n) is 18.2. The van der Waals surface area contributed by atoms with Crippen molar-refractivity contribution in [2.45, 2.75) is 0 Å². The molecular formula is C48H27N3S3. The van der Waals surface area contributed by atoms with Crippen LogP contribution in [0, 0.1) is 0 Å². The van der Waals surface area contributed by atoms with Gasteiger partial charge in [-0.05, 0) is 54.6 Å². The van der Waals surface area contributed by atoms with E-state index in [4.69, 9.17) is 0 Å². The number of thiophene rings is 3. The molecule has 6 heteroatoms. The molecule has 252 valence electrons. The first-order valence-corrected chi connectivity index (χ1v) is 20.6. The van der Waals surface area contributed by atoms with Crippen LogP contribution < -0.4 is 0 Å². The van der Waals surface area contributed by atoms with E-state index in [-0.39, 0.29) is 0 Å². The normalized spacial score (nSPS) is 12.4. The second kappa shape index (κ2) is 10.7. The molecule has 54 heavy (non-hydrogen) atoms. The third-order valence-corrected chi connectivity index (χ3v) is 14.8. The average molecular weight is 742 g/mol. The van der Waals surface area contributed by atoms with Gasteiger partial charge in [0.25, 0.3) is 0 Å². The lowest BCUT2D eigenvalue weighted by molar-refractivity contribution is 1.22. The highest BCUT2D eigenvalue weighted by Crippen LogP contribution is 2.50. The van der Waals surface area contributed by atoms with Crippen LogP contribution in [0.2, 0.25) is 0 Å². The fourth-order valence-corrected chi connectivity index (χ4v) is 12.9. The van der Waals surface area contributed by atoms with Gasteiger partial charge in [0.1, 0.15) is 15.0 Å². The number of fused-ring (bicyclic) bond motifs is 15. The van der Waals surface area contributed by atoms with Crippen LogP contribution >= 0.6 is 34.0 Å². The Balaban J connectivity index is 1.17. The Hall–Kier alpha value is -6.18. The molecule has 0 aliphatic heterocycles. The molecule has 3 nitrogen and oxygen atoms in total. The molecule has 6 heterocycles. The van der Waals surface area contributed by atoms with Gasteiger partial charge in [-0.2, -0.15) is 0 Å². The lowest BCUT2D eigenvalue weighted by atomic mass is 10.1. The Kier molecular flexibility index (Phi) is 5.81. The Morgan fingerprint density at radius 2 is 0.444 bits per heavy atom. The van der Waals surface area contributed by atoms with Gasteiger partial charge in [-0.1, -0.05) is 109 Å². The van der Waals surface area contributed by atoms with E-state index < -0.39 is 0 Å². The third kappa shape index (κ3) is 3.79. The Labute approximate surface area is 320 Å². The molecule has 6 aromatic heterocycles. The first kappa shape index (κ1) is 29.3. The summed E-state index contributed by atoms with van der Waals surface area (Å²) >= 11 is 5.76. The maximum absolute atomic E-state index is 2.48. The molecule has 0 radical (unpaired) electrons. The van der Waals surface area contributed by atoms with Gasteiger partial charge in [-0.3, -0.25) is 0 Å². The van der Waals surface area contributed by atoms with Crippen molar-refractivity contribution in [1.82, 2.24) is 13.7 Å². The highest BCUT2D eigenvalue weighted by molar-refractivity contribution is 7.29. The van der Waals surface area contributed by atoms with Crippen molar-refractivity contribution in [1.29, 1.82) is 0 Å². The lowest BCUT2D eigenvalue weighted by Crippen LogP contribution is -1.89. The summed E-state index contributed by atoms with van der Waals surface area (Å²) in [4.78, 5) is 0. The smallest absolute Gasteiger partial charge is 0.101 e. The van der Waals surface area contributed by atoms with Crippen LogP contribution in [0.25, 0.3) is 111 Å². The number of nitrogens with zero attached hydrogens (tertiary/aromatic N) is 3. The van der Waals surface area contributed by atoms with Gasteiger partial charge in [0, 0.05) is 62.6 Å². The number of rotatable bonds is 3. The molecule has 0 saturated heterocycles. The predicted octanol–water partition coefficient (Wildman–Crippen LogP) is 14.6. The van der Waals surface area contributed by atoms with Gasteiger partial charge in [0.15, 0.2) is 0 Å². The fourth-order valence-electron chi connectivity index (χ4n) is 9.05. The van der Waals surface area contributed by atoms with Crippen molar-refractivity contribution in [3.05, 3.63) is 164 Å². The Morgan fingerprint density at radius 3 is 0.667 bits per heavy atom. The average Bonchev–Trinajstić information content (AvgIpc) is 4.07. The van der Waals surface area contributed by atoms with Crippen LogP contribution in [0.15, 0.2) is 164 Å². The van der Waals surface area contributed by atoms with Crippen LogP contribution in [0.3, 0.4) is 0 Å². The summed E-state index contributed by atoms with van der Waals surface area (Å²) in [5, 5.41) is 15.4. The van der Waals surface area contributed by atoms with Gasteiger partial charge in [0.2, 0.25) is 0 Å². The number of aromatic nitrogens is 3. The van der Waals surface area contributed by atoms with Crippen molar-refractivity contribution in [3.63, 3.8) is 0 Å². The fraction of sp³-hybridized carbons (Fsp3) is 0. The van der Waals surface area contributed by atoms with Crippen LogP contribution in [-0.2, 0) is 0 Å². The van der Waals surface area contributed by atoms with E-state index in [1.807, 2.05) is 34.0 Å². The molecule has 7 aromatic carbocycles. The van der Waals surface area contributed by atoms with E-state index in [9.17, 15) is 0 Å². The minimum atomic E-state index is 1.24. The van der Waals surface area contributed by atoms with Crippen molar-refractivity contribution in [2.24, 2.45) is 0 Å². The van der Waals surface area contributed by atoms with Crippen molar-refractivity contribution in [2.75, 3.05) is 0 Å². The first-order chi connectivity index (χ1) is 26.8. The molecular weight excluding hydrogens is 715 g/mol. The maximum Gasteiger partial charge on any atom is 0.101 e. The molecule has 0 bridgehead atoms. The SMILES string of the molecule is c1ccc2c(c1)c1ccccc1n2-c1cc2c(s1)c1cc(-n3c4ccccc4c4ccccc43)sc1c1cc(-n3c4ccccc4c4ccccc43)sc21. The van der Waals surface area contributed by atoms with Gasteiger partial charge < -0.3 is 13.7 Å². The van der Waals surface area contributed by atoms with Crippen LogP contribution in [-0.4, -0.2) is 13.7 Å². The molecule has 0 atom stereocenters. The Bertz CT molecular complexity index is 3050. The standard InChI is InChI=1S/C48H27N3S3/c1-7-19-37-28(13-1)29-14-2-8-20-38(29)49(37)43-25-34-46(52-43)35-26-44(50-39-21-9-3-15-30(39)31-16-4-10-22-40(31)50)54-48(35)36-27-45(53-47(34)36)51-41-23-11-5-17-32(41)33-18-6-12-24-42(33)51/h1-27H. The quantitative estimate of drug-likeness (QED) is 0.171. The zero-order valence-electron chi connectivity index (χ0n) is 28.7. The van der Waals surface area contributed by atoms with E-state index >= 15 is 0 Å². The largest absolute Gasteiger partial charge is 0.301 e. The van der Waals surface area contributed by atoms with Crippen LogP contribution in [0.4, 0.5) is 0 Å². The lowest BCUT2D eigenvalue weighted by Gasteiger charge is -2.03. The summed E-state index contributed by atoms with van der Waals surface area (Å²) in [5.74, 6) is 0. The second-order valence-corrected chi connectivity index (χ2v) is 17.2. The minimum absolute atomic E-state index is 1.24. The molecule has 0 amide bonds. The zero-order valence-corrected chi connectivity index (χ0v) is 31.1. The van der Waals surface area contributed by atoms with E-state index in [0.717, 1.165) is 0 Å². The van der Waals surface area contributed by atoms with E-state index in [0.29, 0.717) is 0 Å². The molecule has 0 spiro atoms. The monoisotopic (exact) mass is 741 g/mol. The molecule has 0 N–H and O–H groups in total. The van der Waals surface area contributed by atoms with E-state index in [1.165, 1.54) is 111 Å². The van der Waals surface area contributed by atoms with Gasteiger partial charge in [-0.15, -0.1) is 34.0 Å². The molecule has 0 fully saturated rings. The van der Waals surface area contributed by atoms with E-state index in [1.54, 1.807) is 0 Å². The van der Waals surface area contributed by atoms with E-state index in [2.05, 4.69) is 177 Å². The molecule has 0 aliphatic carbocycles. The van der Waals surface area contributed by atoms with Gasteiger partial charge >= 0.3 is 0 Å². The van der Waals surface area contributed by atoms with Crippen molar-refractivity contribution >= 4 is 130 Å². The predicted molar refractivity (Wildman–Crippen MR) is 236 cm³/mol. The van der Waals surface area contributed by atoms with Gasteiger partial charge in [-0.25, -0.2) is 0 Å². The second-order valence-electron chi connectivity index (χ2n) is 14.1. The van der Waals surface area contributed by atoms with Crippen molar-refractivity contribution in [3.8, 4) is 15.0 Å². The zero-order chi connectivity index (χ0) is 35.1.